The Morgan fingerprint density at radius 3 is 3.11 bits per heavy atom. The molecular weight excluding hydrogens is 136 g/mol. The fourth-order valence-corrected chi connectivity index (χ4v) is 1.40. The predicted molar refractivity (Wildman–Crippen MR) is 39.7 cm³/mol. The van der Waals surface area contributed by atoms with Crippen LogP contribution in [-0.4, -0.2) is 28.3 Å². The predicted octanol–water partition coefficient (Wildman–Crippen LogP) is 0.982. The Morgan fingerprint density at radius 2 is 2.67 bits per heavy atom. The molecule has 0 saturated carbocycles. The molecule has 0 aromatic carbocycles. The van der Waals surface area contributed by atoms with Crippen molar-refractivity contribution < 1.29 is 5.21 Å². The lowest BCUT2D eigenvalue weighted by atomic mass is 10.5. The zero-order chi connectivity index (χ0) is 6.69. The Morgan fingerprint density at radius 1 is 1.89 bits per heavy atom. The van der Waals surface area contributed by atoms with Gasteiger partial charge in [-0.1, -0.05) is 5.16 Å². The first kappa shape index (κ1) is 6.61. The van der Waals surface area contributed by atoms with Gasteiger partial charge in [0.25, 0.3) is 0 Å². The monoisotopic (exact) mass is 144 g/mol. The summed E-state index contributed by atoms with van der Waals surface area (Å²) in [5.41, 5.74) is 0.623. The maximum atomic E-state index is 8.29. The molecular formula is C5H8N2OS. The third-order valence-electron chi connectivity index (χ3n) is 1.04. The van der Waals surface area contributed by atoms with Gasteiger partial charge in [0.1, 0.15) is 10.8 Å². The summed E-state index contributed by atoms with van der Waals surface area (Å²) in [6, 6.07) is 0. The van der Waals surface area contributed by atoms with Gasteiger partial charge in [-0.05, 0) is 6.92 Å². The van der Waals surface area contributed by atoms with Gasteiger partial charge in [-0.25, -0.2) is 0 Å². The Kier molecular flexibility index (Phi) is 2.10. The molecule has 0 aromatic heterocycles. The van der Waals surface area contributed by atoms with Crippen LogP contribution in [0.1, 0.15) is 6.92 Å². The van der Waals surface area contributed by atoms with Gasteiger partial charge in [0, 0.05) is 12.3 Å². The van der Waals surface area contributed by atoms with Crippen molar-refractivity contribution in [3.63, 3.8) is 0 Å². The van der Waals surface area contributed by atoms with Gasteiger partial charge < -0.3 is 5.21 Å². The lowest BCUT2D eigenvalue weighted by Gasteiger charge is -1.91. The quantitative estimate of drug-likeness (QED) is 0.339. The number of oxime groups is 1. The first-order chi connectivity index (χ1) is 4.34. The van der Waals surface area contributed by atoms with Crippen LogP contribution in [0.25, 0.3) is 0 Å². The zero-order valence-corrected chi connectivity index (χ0v) is 5.98. The minimum Gasteiger partial charge on any atom is -0.411 e. The van der Waals surface area contributed by atoms with Gasteiger partial charge in [-0.3, -0.25) is 4.99 Å². The summed E-state index contributed by atoms with van der Waals surface area (Å²) in [5, 5.41) is 12.2. The van der Waals surface area contributed by atoms with Crippen molar-refractivity contribution >= 4 is 22.5 Å². The molecule has 0 radical (unpaired) electrons. The largest absolute Gasteiger partial charge is 0.411 e. The molecule has 0 saturated heterocycles. The second kappa shape index (κ2) is 2.87. The number of hydrogen-bond acceptors (Lipinski definition) is 4. The van der Waals surface area contributed by atoms with E-state index in [1.165, 1.54) is 0 Å². The van der Waals surface area contributed by atoms with Crippen LogP contribution in [0, 0.1) is 0 Å². The van der Waals surface area contributed by atoms with E-state index >= 15 is 0 Å². The number of hydrogen-bond donors (Lipinski definition) is 1. The molecule has 50 valence electrons. The Bertz CT molecular complexity index is 164. The molecule has 3 nitrogen and oxygen atoms in total. The van der Waals surface area contributed by atoms with E-state index in [2.05, 4.69) is 10.1 Å². The molecule has 0 bridgehead atoms. The molecule has 0 aromatic rings. The summed E-state index contributed by atoms with van der Waals surface area (Å²) in [6.07, 6.45) is 0. The van der Waals surface area contributed by atoms with Crippen LogP contribution in [0.4, 0.5) is 0 Å². The first-order valence-electron chi connectivity index (χ1n) is 2.71. The maximum absolute atomic E-state index is 8.29. The molecule has 0 fully saturated rings. The van der Waals surface area contributed by atoms with E-state index < -0.39 is 0 Å². The highest BCUT2D eigenvalue weighted by Crippen LogP contribution is 2.12. The zero-order valence-electron chi connectivity index (χ0n) is 5.16. The molecule has 1 rings (SSSR count). The van der Waals surface area contributed by atoms with Crippen molar-refractivity contribution in [3.8, 4) is 0 Å². The van der Waals surface area contributed by atoms with E-state index in [4.69, 9.17) is 5.21 Å². The summed E-state index contributed by atoms with van der Waals surface area (Å²) in [4.78, 5) is 4.10. The number of aliphatic imine (C=N–C) groups is 1. The molecule has 1 N–H and O–H groups in total. The van der Waals surface area contributed by atoms with E-state index in [0.717, 1.165) is 17.3 Å². The van der Waals surface area contributed by atoms with Gasteiger partial charge in [0.15, 0.2) is 0 Å². The molecule has 1 aliphatic rings. The van der Waals surface area contributed by atoms with E-state index in [1.54, 1.807) is 18.7 Å². The first-order valence-corrected chi connectivity index (χ1v) is 3.69. The smallest absolute Gasteiger partial charge is 0.115 e. The number of thioether (sulfide) groups is 1. The van der Waals surface area contributed by atoms with Crippen molar-refractivity contribution in [2.45, 2.75) is 6.92 Å². The van der Waals surface area contributed by atoms with Crippen molar-refractivity contribution in [1.82, 2.24) is 0 Å². The van der Waals surface area contributed by atoms with Crippen LogP contribution in [0.5, 0.6) is 0 Å². The van der Waals surface area contributed by atoms with Crippen LogP contribution in [0.2, 0.25) is 0 Å². The summed E-state index contributed by atoms with van der Waals surface area (Å²) in [5.74, 6) is 1.02. The normalized spacial score (nSPS) is 20.1. The Hall–Kier alpha value is -0.510. The molecule has 1 heterocycles. The Labute approximate surface area is 57.9 Å². The summed E-state index contributed by atoms with van der Waals surface area (Å²) in [6.45, 7) is 2.60. The fraction of sp³-hybridized carbons (Fsp3) is 0.600. The second-order valence-electron chi connectivity index (χ2n) is 1.72. The fourth-order valence-electron chi connectivity index (χ4n) is 0.597. The standard InChI is InChI=1S/C5H8N2OS/c1-4(7-8)5-6-2-3-9-5/h8H,2-3H2,1H3. The Balaban J connectivity index is 2.61. The average Bonchev–Trinajstić information content (AvgIpc) is 2.37. The summed E-state index contributed by atoms with van der Waals surface area (Å²) < 4.78 is 0. The number of rotatable bonds is 1. The van der Waals surface area contributed by atoms with Gasteiger partial charge in [0.05, 0.1) is 0 Å². The molecule has 0 amide bonds. The van der Waals surface area contributed by atoms with E-state index in [1.807, 2.05) is 0 Å². The van der Waals surface area contributed by atoms with Crippen LogP contribution < -0.4 is 0 Å². The lowest BCUT2D eigenvalue weighted by Crippen LogP contribution is -2.02. The lowest BCUT2D eigenvalue weighted by molar-refractivity contribution is 0.320. The van der Waals surface area contributed by atoms with Crippen molar-refractivity contribution in [1.29, 1.82) is 0 Å². The highest BCUT2D eigenvalue weighted by molar-refractivity contribution is 8.16. The average molecular weight is 144 g/mol. The summed E-state index contributed by atoms with van der Waals surface area (Å²) in [7, 11) is 0. The van der Waals surface area contributed by atoms with Crippen molar-refractivity contribution in [2.75, 3.05) is 12.3 Å². The summed E-state index contributed by atoms with van der Waals surface area (Å²) >= 11 is 1.63. The number of nitrogens with zero attached hydrogens (tertiary/aromatic N) is 2. The van der Waals surface area contributed by atoms with Crippen LogP contribution in [0.15, 0.2) is 10.1 Å². The van der Waals surface area contributed by atoms with Crippen LogP contribution >= 0.6 is 11.8 Å². The molecule has 1 aliphatic heterocycles. The van der Waals surface area contributed by atoms with E-state index in [-0.39, 0.29) is 0 Å². The topological polar surface area (TPSA) is 45.0 Å². The van der Waals surface area contributed by atoms with Crippen LogP contribution in [0.3, 0.4) is 0 Å². The maximum Gasteiger partial charge on any atom is 0.115 e. The van der Waals surface area contributed by atoms with Gasteiger partial charge >= 0.3 is 0 Å². The van der Waals surface area contributed by atoms with Crippen LogP contribution in [-0.2, 0) is 0 Å². The molecule has 0 atom stereocenters. The van der Waals surface area contributed by atoms with Crippen molar-refractivity contribution in [2.24, 2.45) is 10.1 Å². The molecule has 0 unspecified atom stereocenters. The van der Waals surface area contributed by atoms with E-state index in [9.17, 15) is 0 Å². The highest BCUT2D eigenvalue weighted by Gasteiger charge is 2.09. The van der Waals surface area contributed by atoms with Gasteiger partial charge in [0.2, 0.25) is 0 Å². The van der Waals surface area contributed by atoms with Crippen molar-refractivity contribution in [3.05, 3.63) is 0 Å². The second-order valence-corrected chi connectivity index (χ2v) is 2.80. The highest BCUT2D eigenvalue weighted by atomic mass is 32.2. The molecule has 4 heteroatoms. The van der Waals surface area contributed by atoms with E-state index in [0.29, 0.717) is 5.71 Å². The SMILES string of the molecule is CC(=NO)C1=NCCS1. The molecule has 0 aliphatic carbocycles. The minimum absolute atomic E-state index is 0.623. The molecule has 0 spiro atoms. The minimum atomic E-state index is 0.623. The third-order valence-corrected chi connectivity index (χ3v) is 2.13. The van der Waals surface area contributed by atoms with Gasteiger partial charge in [-0.2, -0.15) is 0 Å². The molecule has 9 heavy (non-hydrogen) atoms. The third kappa shape index (κ3) is 1.45. The van der Waals surface area contributed by atoms with Gasteiger partial charge in [-0.15, -0.1) is 11.8 Å².